The van der Waals surface area contributed by atoms with Crippen LogP contribution in [0.25, 0.3) is 0 Å². The maximum atomic E-state index is 13.5. The third kappa shape index (κ3) is 19.2. The highest BCUT2D eigenvalue weighted by Crippen LogP contribution is 2.37. The lowest BCUT2D eigenvalue weighted by atomic mass is 9.82. The van der Waals surface area contributed by atoms with Gasteiger partial charge in [-0.25, -0.2) is 14.4 Å². The third-order valence-corrected chi connectivity index (χ3v) is 13.3. The Morgan fingerprint density at radius 2 is 0.744 bits per heavy atom. The summed E-state index contributed by atoms with van der Waals surface area (Å²) in [5.41, 5.74) is -0.186. The minimum absolute atomic E-state index is 0.00774. The predicted molar refractivity (Wildman–Crippen MR) is 272 cm³/mol. The van der Waals surface area contributed by atoms with Crippen molar-refractivity contribution in [3.05, 3.63) is 98.5 Å². The van der Waals surface area contributed by atoms with Crippen LogP contribution in [-0.2, 0) is 71.5 Å². The van der Waals surface area contributed by atoms with E-state index >= 15 is 0 Å². The molecule has 0 unspecified atom stereocenters. The fourth-order valence-electron chi connectivity index (χ4n) is 8.98. The molecule has 2 aromatic carbocycles. The van der Waals surface area contributed by atoms with Gasteiger partial charge in [0.15, 0.2) is 5.78 Å². The molecule has 3 aliphatic carbocycles. The molecule has 0 saturated heterocycles. The number of carbonyl (C=O) groups is 10. The zero-order valence-electron chi connectivity index (χ0n) is 43.5. The van der Waals surface area contributed by atoms with E-state index in [1.54, 1.807) is 0 Å². The van der Waals surface area contributed by atoms with Gasteiger partial charge in [0.25, 0.3) is 0 Å². The zero-order chi connectivity index (χ0) is 56.4. The zero-order valence-corrected chi connectivity index (χ0v) is 43.5. The average molecular weight is 1090 g/mol. The highest BCUT2D eigenvalue weighted by atomic mass is 16.6. The highest BCUT2D eigenvalue weighted by molar-refractivity contribution is 6.00. The summed E-state index contributed by atoms with van der Waals surface area (Å²) in [6, 6.07) is 8.04. The Morgan fingerprint density at radius 3 is 1.15 bits per heavy atom. The number of benzene rings is 2. The first-order chi connectivity index (χ1) is 37.6. The predicted octanol–water partition coefficient (Wildman–Crippen LogP) is 7.41. The van der Waals surface area contributed by atoms with Gasteiger partial charge in [-0.2, -0.15) is 0 Å². The normalized spacial score (nSPS) is 19.6. The van der Waals surface area contributed by atoms with Crippen molar-refractivity contribution in [2.45, 2.75) is 89.9 Å². The number of hydrogen-bond donors (Lipinski definition) is 0. The Kier molecular flexibility index (Phi) is 24.8. The molecule has 3 saturated carbocycles. The molecular weight excluding hydrogens is 1020 g/mol. The Balaban J connectivity index is 1.15. The lowest BCUT2D eigenvalue weighted by Crippen LogP contribution is -2.31. The quantitative estimate of drug-likeness (QED) is 0.0146. The Morgan fingerprint density at radius 1 is 0.397 bits per heavy atom. The van der Waals surface area contributed by atoms with Crippen molar-refractivity contribution >= 4 is 59.5 Å². The Bertz CT molecular complexity index is 2330. The van der Waals surface area contributed by atoms with Crippen LogP contribution >= 0.6 is 0 Å². The first-order valence-corrected chi connectivity index (χ1v) is 25.9. The van der Waals surface area contributed by atoms with Gasteiger partial charge in [-0.15, -0.1) is 0 Å². The molecule has 3 aliphatic rings. The van der Waals surface area contributed by atoms with E-state index in [-0.39, 0.29) is 112 Å². The fourth-order valence-corrected chi connectivity index (χ4v) is 8.98. The van der Waals surface area contributed by atoms with E-state index in [9.17, 15) is 47.9 Å². The minimum atomic E-state index is -0.891. The second kappa shape index (κ2) is 31.8. The van der Waals surface area contributed by atoms with E-state index in [0.717, 1.165) is 12.2 Å². The molecule has 78 heavy (non-hydrogen) atoms. The summed E-state index contributed by atoms with van der Waals surface area (Å²) in [4.78, 5) is 128. The van der Waals surface area contributed by atoms with E-state index in [1.807, 2.05) is 0 Å². The minimum Gasteiger partial charge on any atom is -0.502 e. The van der Waals surface area contributed by atoms with Crippen LogP contribution in [0.1, 0.15) is 111 Å². The molecule has 0 atom stereocenters. The molecule has 21 heteroatoms. The van der Waals surface area contributed by atoms with E-state index in [4.69, 9.17) is 52.1 Å². The number of rotatable bonds is 29. The molecule has 3 fully saturated rings. The average Bonchev–Trinajstić information content (AvgIpc) is 3.49. The van der Waals surface area contributed by atoms with Gasteiger partial charge in [0.1, 0.15) is 68.2 Å². The monoisotopic (exact) mass is 1090 g/mol. The fraction of sp³-hybridized carbons (Fsp3) is 0.474. The number of Topliss-reactive ketones (excluding diaryl/α,β-unsaturated/α-hetero) is 1. The first kappa shape index (κ1) is 60.8. The van der Waals surface area contributed by atoms with Gasteiger partial charge < -0.3 is 52.1 Å². The highest BCUT2D eigenvalue weighted by Gasteiger charge is 2.36. The molecule has 0 heterocycles. The maximum absolute atomic E-state index is 13.5. The Labute approximate surface area is 451 Å². The number of ketones is 1. The smallest absolute Gasteiger partial charge is 0.342 e. The second-order valence-corrected chi connectivity index (χ2v) is 18.5. The van der Waals surface area contributed by atoms with Gasteiger partial charge in [-0.1, -0.05) is 26.3 Å². The van der Waals surface area contributed by atoms with Crippen LogP contribution in [0.15, 0.2) is 87.4 Å². The van der Waals surface area contributed by atoms with Crippen LogP contribution in [0.4, 0.5) is 0 Å². The van der Waals surface area contributed by atoms with Crippen LogP contribution < -0.4 is 18.9 Å². The Hall–Kier alpha value is -8.10. The second-order valence-electron chi connectivity index (χ2n) is 18.5. The molecule has 0 bridgehead atoms. The SMILES string of the molecule is C=COCCCC(=O)c1cc(OC(=O)C2CCC(C(=O)Oc3ccc(OC(=O)C4CCC(C(=O)OCCOC(=O)C=C)CC4)c(C(=O)OCCOC=C)c3)CC2)ccc1OC(=O)C1CCC(C(=O)OCCOC(=O)C=C)CC1. The van der Waals surface area contributed by atoms with Crippen LogP contribution in [0.3, 0.4) is 0 Å². The van der Waals surface area contributed by atoms with Crippen molar-refractivity contribution in [1.29, 1.82) is 0 Å². The van der Waals surface area contributed by atoms with Gasteiger partial charge in [0.2, 0.25) is 0 Å². The molecule has 0 radical (unpaired) electrons. The summed E-state index contributed by atoms with van der Waals surface area (Å²) >= 11 is 0. The van der Waals surface area contributed by atoms with Crippen molar-refractivity contribution in [2.75, 3.05) is 46.2 Å². The number of ether oxygens (including phenoxy) is 11. The lowest BCUT2D eigenvalue weighted by Gasteiger charge is -2.26. The number of carbonyl (C=O) groups excluding carboxylic acids is 10. The molecule has 0 N–H and O–H groups in total. The van der Waals surface area contributed by atoms with Crippen LogP contribution in [-0.4, -0.2) is 106 Å². The standard InChI is InChI=1S/C57H66O21/c1-5-49(59)70-30-32-72-51(61)36-11-15-40(16-12-36)55(65)77-47-25-23-42(34-44(47)46(58)10-9-27-68-7-3)75-53(63)38-19-21-39(22-20-38)54(64)76-43-24-26-48(45(35-43)57(67)74-29-28-69-8-4)78-56(66)41-17-13-37(14-18-41)52(62)73-33-31-71-50(60)6-2/h5-8,23-26,34-41H,1-4,9-22,27-33H2. The van der Waals surface area contributed by atoms with Crippen LogP contribution in [0, 0.1) is 35.5 Å². The topological polar surface area (TPSA) is 272 Å². The van der Waals surface area contributed by atoms with Crippen molar-refractivity contribution in [2.24, 2.45) is 35.5 Å². The van der Waals surface area contributed by atoms with Crippen molar-refractivity contribution in [3.63, 3.8) is 0 Å². The lowest BCUT2D eigenvalue weighted by molar-refractivity contribution is -0.155. The van der Waals surface area contributed by atoms with Crippen molar-refractivity contribution in [3.8, 4) is 23.0 Å². The molecule has 0 aliphatic heterocycles. The molecule has 0 aromatic heterocycles. The van der Waals surface area contributed by atoms with E-state index < -0.39 is 95.0 Å². The molecule has 2 aromatic rings. The largest absolute Gasteiger partial charge is 0.502 e. The molecule has 0 spiro atoms. The number of esters is 9. The van der Waals surface area contributed by atoms with E-state index in [1.165, 1.54) is 48.9 Å². The van der Waals surface area contributed by atoms with Gasteiger partial charge >= 0.3 is 53.7 Å². The molecule has 21 nitrogen and oxygen atoms in total. The van der Waals surface area contributed by atoms with E-state index in [2.05, 4.69) is 26.3 Å². The molecule has 420 valence electrons. The summed E-state index contributed by atoms with van der Waals surface area (Å²) in [5, 5.41) is 0. The van der Waals surface area contributed by atoms with Crippen LogP contribution in [0.2, 0.25) is 0 Å². The summed E-state index contributed by atoms with van der Waals surface area (Å²) in [6.45, 7) is 13.1. The van der Waals surface area contributed by atoms with Gasteiger partial charge in [-0.05, 0) is 120 Å². The summed E-state index contributed by atoms with van der Waals surface area (Å²) in [6.07, 6.45) is 8.40. The van der Waals surface area contributed by atoms with Crippen molar-refractivity contribution < 1.29 is 100 Å². The third-order valence-electron chi connectivity index (χ3n) is 13.3. The molecule has 0 amide bonds. The summed E-state index contributed by atoms with van der Waals surface area (Å²) in [7, 11) is 0. The number of hydrogen-bond acceptors (Lipinski definition) is 21. The van der Waals surface area contributed by atoms with Gasteiger partial charge in [0, 0.05) is 18.6 Å². The van der Waals surface area contributed by atoms with Crippen LogP contribution in [0.5, 0.6) is 23.0 Å². The first-order valence-electron chi connectivity index (χ1n) is 25.9. The van der Waals surface area contributed by atoms with E-state index in [0.29, 0.717) is 57.8 Å². The molecule has 5 rings (SSSR count). The summed E-state index contributed by atoms with van der Waals surface area (Å²) in [5.74, 6) is -9.44. The van der Waals surface area contributed by atoms with Gasteiger partial charge in [-0.3, -0.25) is 33.6 Å². The summed E-state index contributed by atoms with van der Waals surface area (Å²) < 4.78 is 58.5. The maximum Gasteiger partial charge on any atom is 0.342 e. The van der Waals surface area contributed by atoms with Gasteiger partial charge in [0.05, 0.1) is 60.2 Å². The van der Waals surface area contributed by atoms with Crippen molar-refractivity contribution in [1.82, 2.24) is 0 Å². The molecular formula is C57H66O21.